The van der Waals surface area contributed by atoms with E-state index in [1.807, 2.05) is 13.8 Å². The first-order valence-corrected chi connectivity index (χ1v) is 12.0. The second-order valence-corrected chi connectivity index (χ2v) is 7.96. The Morgan fingerprint density at radius 3 is 2.09 bits per heavy atom. The van der Waals surface area contributed by atoms with Gasteiger partial charge in [0.15, 0.2) is 6.29 Å². The van der Waals surface area contributed by atoms with Crippen LogP contribution in [0.15, 0.2) is 0 Å². The topological polar surface area (TPSA) is 143 Å². The molecule has 9 nitrogen and oxygen atoms in total. The molecule has 0 bridgehead atoms. The van der Waals surface area contributed by atoms with Crippen molar-refractivity contribution in [1.82, 2.24) is 0 Å². The molecular formula is C23H44O9. The summed E-state index contributed by atoms with van der Waals surface area (Å²) in [6, 6.07) is 0. The highest BCUT2D eigenvalue weighted by molar-refractivity contribution is 5.71. The molecule has 0 radical (unpaired) electrons. The Morgan fingerprint density at radius 1 is 0.906 bits per heavy atom. The van der Waals surface area contributed by atoms with Crippen molar-refractivity contribution in [1.29, 1.82) is 0 Å². The lowest BCUT2D eigenvalue weighted by Gasteiger charge is -2.40. The van der Waals surface area contributed by atoms with Crippen LogP contribution in [0, 0.1) is 0 Å². The monoisotopic (exact) mass is 464 g/mol. The summed E-state index contributed by atoms with van der Waals surface area (Å²) in [4.78, 5) is 23.2. The van der Waals surface area contributed by atoms with E-state index in [-0.39, 0.29) is 12.8 Å². The van der Waals surface area contributed by atoms with E-state index in [9.17, 15) is 24.9 Å². The fourth-order valence-electron chi connectivity index (χ4n) is 3.39. The Bertz CT molecular complexity index is 514. The molecule has 1 aliphatic rings. The zero-order valence-electron chi connectivity index (χ0n) is 20.2. The summed E-state index contributed by atoms with van der Waals surface area (Å²) in [6.45, 7) is 9.41. The number of aliphatic hydroxyl groups is 3. The van der Waals surface area contributed by atoms with Gasteiger partial charge < -0.3 is 34.6 Å². The third-order valence-electron chi connectivity index (χ3n) is 5.31. The number of aliphatic carboxylic acids is 1. The van der Waals surface area contributed by atoms with Gasteiger partial charge in [-0.2, -0.15) is 0 Å². The van der Waals surface area contributed by atoms with Gasteiger partial charge in [-0.3, -0.25) is 9.59 Å². The lowest BCUT2D eigenvalue weighted by Crippen LogP contribution is -2.58. The summed E-state index contributed by atoms with van der Waals surface area (Å²) in [5.74, 6) is -1.63. The lowest BCUT2D eigenvalue weighted by atomic mass is 9.99. The maximum absolute atomic E-state index is 12.4. The van der Waals surface area contributed by atoms with Crippen LogP contribution in [0.25, 0.3) is 0 Å². The van der Waals surface area contributed by atoms with Gasteiger partial charge in [-0.25, -0.2) is 0 Å². The van der Waals surface area contributed by atoms with Gasteiger partial charge in [0.05, 0.1) is 25.0 Å². The first-order chi connectivity index (χ1) is 15.2. The summed E-state index contributed by atoms with van der Waals surface area (Å²) in [5, 5.41) is 38.9. The van der Waals surface area contributed by atoms with Crippen LogP contribution in [0.2, 0.25) is 0 Å². The molecule has 4 N–H and O–H groups in total. The van der Waals surface area contributed by atoms with Crippen molar-refractivity contribution < 1.29 is 44.2 Å². The standard InChI is InChI=1S/C21H38O9.C2H6/c1-4-6-7-8-9-10-15(12-17(24)29-14(5-2)11-16(22)23)30-21-20(27)19(26)18(25)13(3)28-21;1-2/h13-15,18-21,25-27H,4-12H2,1-3H3,(H,22,23);1-2H3/t13?,14?,15?,18-,19-,20?,21-;/m0./s1. The van der Waals surface area contributed by atoms with Crippen LogP contribution >= 0.6 is 0 Å². The van der Waals surface area contributed by atoms with Gasteiger partial charge >= 0.3 is 11.9 Å². The largest absolute Gasteiger partial charge is 0.481 e. The Balaban J connectivity index is 0.00000466. The number of ether oxygens (including phenoxy) is 3. The van der Waals surface area contributed by atoms with E-state index >= 15 is 0 Å². The molecule has 0 amide bonds. The second kappa shape index (κ2) is 17.2. The minimum Gasteiger partial charge on any atom is -0.481 e. The van der Waals surface area contributed by atoms with Crippen molar-refractivity contribution in [2.24, 2.45) is 0 Å². The highest BCUT2D eigenvalue weighted by Crippen LogP contribution is 2.25. The third-order valence-corrected chi connectivity index (χ3v) is 5.31. The molecule has 1 heterocycles. The first-order valence-electron chi connectivity index (χ1n) is 12.0. The van der Waals surface area contributed by atoms with Gasteiger partial charge in [-0.1, -0.05) is 59.8 Å². The number of rotatable bonds is 14. The van der Waals surface area contributed by atoms with Crippen LogP contribution in [-0.2, 0) is 23.8 Å². The number of carboxylic acid groups (broad SMARTS) is 1. The highest BCUT2D eigenvalue weighted by Gasteiger charge is 2.43. The van der Waals surface area contributed by atoms with Crippen molar-refractivity contribution in [3.8, 4) is 0 Å². The minimum absolute atomic E-state index is 0.122. The second-order valence-electron chi connectivity index (χ2n) is 7.96. The summed E-state index contributed by atoms with van der Waals surface area (Å²) < 4.78 is 16.6. The minimum atomic E-state index is -1.45. The average Bonchev–Trinajstić information content (AvgIpc) is 2.76. The van der Waals surface area contributed by atoms with Crippen molar-refractivity contribution in [2.75, 3.05) is 0 Å². The maximum Gasteiger partial charge on any atom is 0.308 e. The van der Waals surface area contributed by atoms with E-state index in [1.54, 1.807) is 13.8 Å². The van der Waals surface area contributed by atoms with Crippen LogP contribution in [0.3, 0.4) is 0 Å². The molecule has 9 heteroatoms. The normalized spacial score (nSPS) is 27.1. The molecule has 0 saturated carbocycles. The molecule has 4 unspecified atom stereocenters. The predicted octanol–water partition coefficient (Wildman–Crippen LogP) is 2.77. The number of hydrogen-bond acceptors (Lipinski definition) is 8. The first kappa shape index (κ1) is 30.7. The summed E-state index contributed by atoms with van der Waals surface area (Å²) in [5.41, 5.74) is 0. The molecule has 0 spiro atoms. The molecule has 7 atom stereocenters. The van der Waals surface area contributed by atoms with Gasteiger partial charge in [-0.05, 0) is 19.8 Å². The van der Waals surface area contributed by atoms with Crippen molar-refractivity contribution in [3.05, 3.63) is 0 Å². The molecule has 1 rings (SSSR count). The van der Waals surface area contributed by atoms with Gasteiger partial charge in [0.1, 0.15) is 24.4 Å². The van der Waals surface area contributed by atoms with Gasteiger partial charge in [0.2, 0.25) is 0 Å². The Labute approximate surface area is 192 Å². The third kappa shape index (κ3) is 11.6. The fourth-order valence-corrected chi connectivity index (χ4v) is 3.39. The van der Waals surface area contributed by atoms with Crippen molar-refractivity contribution in [2.45, 2.75) is 135 Å². The van der Waals surface area contributed by atoms with Crippen LogP contribution in [0.1, 0.15) is 92.4 Å². The molecule has 190 valence electrons. The van der Waals surface area contributed by atoms with Crippen molar-refractivity contribution >= 4 is 11.9 Å². The number of aliphatic hydroxyl groups excluding tert-OH is 3. The van der Waals surface area contributed by atoms with Gasteiger partial charge in [0.25, 0.3) is 0 Å². The SMILES string of the molecule is CC.CCCCCCCC(CC(=O)OC(CC)CC(=O)O)O[C@@H]1OC(C)[C@H](O)[C@H](O)C1O. The van der Waals surface area contributed by atoms with E-state index in [2.05, 4.69) is 6.92 Å². The molecule has 1 aliphatic heterocycles. The number of carboxylic acids is 1. The molecule has 0 aliphatic carbocycles. The van der Waals surface area contributed by atoms with Crippen LogP contribution in [0.5, 0.6) is 0 Å². The quantitative estimate of drug-likeness (QED) is 0.225. The summed E-state index contributed by atoms with van der Waals surface area (Å²) >= 11 is 0. The summed E-state index contributed by atoms with van der Waals surface area (Å²) in [6.07, 6.45) is -1.82. The van der Waals surface area contributed by atoms with Crippen LogP contribution in [-0.4, -0.2) is 75.3 Å². The van der Waals surface area contributed by atoms with E-state index in [0.717, 1.165) is 32.1 Å². The lowest BCUT2D eigenvalue weighted by molar-refractivity contribution is -0.304. The number of hydrogen-bond donors (Lipinski definition) is 4. The van der Waals surface area contributed by atoms with E-state index in [4.69, 9.17) is 19.3 Å². The zero-order chi connectivity index (χ0) is 24.7. The van der Waals surface area contributed by atoms with E-state index in [0.29, 0.717) is 12.8 Å². The fraction of sp³-hybridized carbons (Fsp3) is 0.913. The van der Waals surface area contributed by atoms with Gasteiger partial charge in [0, 0.05) is 0 Å². The molecule has 0 aromatic carbocycles. The van der Waals surface area contributed by atoms with Crippen molar-refractivity contribution in [3.63, 3.8) is 0 Å². The Morgan fingerprint density at radius 2 is 1.53 bits per heavy atom. The average molecular weight is 465 g/mol. The van der Waals surface area contributed by atoms with Crippen LogP contribution < -0.4 is 0 Å². The number of unbranched alkanes of at least 4 members (excludes halogenated alkanes) is 4. The predicted molar refractivity (Wildman–Crippen MR) is 119 cm³/mol. The maximum atomic E-state index is 12.4. The Hall–Kier alpha value is -1.26. The molecule has 0 aromatic heterocycles. The number of carbonyl (C=O) groups excluding carboxylic acids is 1. The van der Waals surface area contributed by atoms with Gasteiger partial charge in [-0.15, -0.1) is 0 Å². The smallest absolute Gasteiger partial charge is 0.308 e. The highest BCUT2D eigenvalue weighted by atomic mass is 16.7. The Kier molecular flexibility index (Phi) is 16.6. The number of carbonyl (C=O) groups is 2. The number of esters is 1. The molecular weight excluding hydrogens is 420 g/mol. The molecule has 1 saturated heterocycles. The van der Waals surface area contributed by atoms with E-state index in [1.165, 1.54) is 0 Å². The van der Waals surface area contributed by atoms with Crippen LogP contribution in [0.4, 0.5) is 0 Å². The molecule has 32 heavy (non-hydrogen) atoms. The van der Waals surface area contributed by atoms with E-state index < -0.39 is 54.9 Å². The molecule has 0 aromatic rings. The zero-order valence-corrected chi connectivity index (χ0v) is 20.2. The molecule has 1 fully saturated rings. The summed E-state index contributed by atoms with van der Waals surface area (Å²) in [7, 11) is 0.